The summed E-state index contributed by atoms with van der Waals surface area (Å²) in [7, 11) is 0. The average Bonchev–Trinajstić information content (AvgIpc) is 2.80. The number of hydrogen-bond donors (Lipinski definition) is 0. The molecule has 0 saturated carbocycles. The Labute approximate surface area is 130 Å². The van der Waals surface area contributed by atoms with Gasteiger partial charge in [0.15, 0.2) is 0 Å². The predicted octanol–water partition coefficient (Wildman–Crippen LogP) is 4.42. The monoisotopic (exact) mass is 292 g/mol. The second-order valence-corrected chi connectivity index (χ2v) is 5.40. The lowest BCUT2D eigenvalue weighted by molar-refractivity contribution is 0.296. The molecule has 3 rings (SSSR count). The standard InChI is InChI=1S/C19H20N2O/c1-4-12-21-15(3)14(2)17-10-11-20-19(18(17)21)22-13-16-8-6-5-7-9-16/h4-11H,1,12-13H2,2-3H3. The third-order valence-corrected chi connectivity index (χ3v) is 4.04. The van der Waals surface area contributed by atoms with E-state index in [9.17, 15) is 0 Å². The first-order chi connectivity index (χ1) is 10.7. The lowest BCUT2D eigenvalue weighted by atomic mass is 10.2. The molecule has 2 heterocycles. The van der Waals surface area contributed by atoms with E-state index in [0.717, 1.165) is 17.6 Å². The van der Waals surface area contributed by atoms with E-state index in [1.165, 1.54) is 16.6 Å². The van der Waals surface area contributed by atoms with E-state index >= 15 is 0 Å². The lowest BCUT2D eigenvalue weighted by Crippen LogP contribution is -2.02. The van der Waals surface area contributed by atoms with Crippen LogP contribution >= 0.6 is 0 Å². The van der Waals surface area contributed by atoms with Gasteiger partial charge in [-0.05, 0) is 31.0 Å². The highest BCUT2D eigenvalue weighted by Gasteiger charge is 2.15. The van der Waals surface area contributed by atoms with Gasteiger partial charge < -0.3 is 9.30 Å². The molecule has 3 aromatic rings. The molecule has 0 aliphatic rings. The number of benzene rings is 1. The Kier molecular flexibility index (Phi) is 3.96. The number of ether oxygens (including phenoxy) is 1. The van der Waals surface area contributed by atoms with Crippen LogP contribution in [0.5, 0.6) is 5.88 Å². The van der Waals surface area contributed by atoms with E-state index in [0.29, 0.717) is 12.5 Å². The van der Waals surface area contributed by atoms with Crippen molar-refractivity contribution >= 4 is 10.9 Å². The van der Waals surface area contributed by atoms with Crippen LogP contribution in [-0.2, 0) is 13.2 Å². The van der Waals surface area contributed by atoms with Gasteiger partial charge in [-0.25, -0.2) is 4.98 Å². The van der Waals surface area contributed by atoms with Crippen molar-refractivity contribution in [3.05, 3.63) is 72.1 Å². The quantitative estimate of drug-likeness (QED) is 0.651. The van der Waals surface area contributed by atoms with Gasteiger partial charge in [-0.3, -0.25) is 0 Å². The summed E-state index contributed by atoms with van der Waals surface area (Å²) >= 11 is 0. The molecule has 0 amide bonds. The summed E-state index contributed by atoms with van der Waals surface area (Å²) in [6.07, 6.45) is 3.72. The van der Waals surface area contributed by atoms with E-state index in [-0.39, 0.29) is 0 Å². The summed E-state index contributed by atoms with van der Waals surface area (Å²) in [4.78, 5) is 4.44. The van der Waals surface area contributed by atoms with Gasteiger partial charge in [0.1, 0.15) is 12.1 Å². The molecule has 0 aliphatic carbocycles. The van der Waals surface area contributed by atoms with Crippen molar-refractivity contribution in [2.24, 2.45) is 0 Å². The van der Waals surface area contributed by atoms with Gasteiger partial charge in [-0.15, -0.1) is 6.58 Å². The van der Waals surface area contributed by atoms with Crippen LogP contribution in [0.4, 0.5) is 0 Å². The van der Waals surface area contributed by atoms with Crippen LogP contribution in [0.15, 0.2) is 55.3 Å². The van der Waals surface area contributed by atoms with Crippen LogP contribution in [0.3, 0.4) is 0 Å². The largest absolute Gasteiger partial charge is 0.471 e. The molecule has 112 valence electrons. The van der Waals surface area contributed by atoms with Crippen LogP contribution < -0.4 is 4.74 Å². The Hall–Kier alpha value is -2.55. The van der Waals surface area contributed by atoms with Gasteiger partial charge in [-0.1, -0.05) is 36.4 Å². The fourth-order valence-electron chi connectivity index (χ4n) is 2.75. The van der Waals surface area contributed by atoms with Crippen LogP contribution in [0.1, 0.15) is 16.8 Å². The summed E-state index contributed by atoms with van der Waals surface area (Å²) in [5.41, 5.74) is 4.68. The number of nitrogens with zero attached hydrogens (tertiary/aromatic N) is 2. The Balaban J connectivity index is 2.02. The van der Waals surface area contributed by atoms with Crippen molar-refractivity contribution < 1.29 is 4.74 Å². The molecule has 3 heteroatoms. The zero-order valence-electron chi connectivity index (χ0n) is 13.0. The van der Waals surface area contributed by atoms with E-state index in [2.05, 4.69) is 42.1 Å². The molecule has 0 unspecified atom stereocenters. The Bertz CT molecular complexity index is 803. The Morgan fingerprint density at radius 2 is 1.95 bits per heavy atom. The average molecular weight is 292 g/mol. The van der Waals surface area contributed by atoms with Gasteiger partial charge in [0.25, 0.3) is 0 Å². The second kappa shape index (κ2) is 6.06. The molecule has 0 saturated heterocycles. The predicted molar refractivity (Wildman–Crippen MR) is 90.2 cm³/mol. The maximum atomic E-state index is 5.99. The number of fused-ring (bicyclic) bond motifs is 1. The van der Waals surface area contributed by atoms with Gasteiger partial charge in [0.2, 0.25) is 5.88 Å². The highest BCUT2D eigenvalue weighted by Crippen LogP contribution is 2.31. The molecule has 2 aromatic heterocycles. The molecule has 1 aromatic carbocycles. The van der Waals surface area contributed by atoms with Crippen molar-refractivity contribution in [3.8, 4) is 5.88 Å². The van der Waals surface area contributed by atoms with Crippen molar-refractivity contribution in [1.82, 2.24) is 9.55 Å². The summed E-state index contributed by atoms with van der Waals surface area (Å²) in [6.45, 7) is 9.39. The van der Waals surface area contributed by atoms with Gasteiger partial charge >= 0.3 is 0 Å². The molecule has 0 fully saturated rings. The molecule has 0 N–H and O–H groups in total. The molecule has 0 atom stereocenters. The number of aromatic nitrogens is 2. The molecule has 0 bridgehead atoms. The zero-order chi connectivity index (χ0) is 15.5. The summed E-state index contributed by atoms with van der Waals surface area (Å²) in [5.74, 6) is 0.680. The Morgan fingerprint density at radius 1 is 1.18 bits per heavy atom. The summed E-state index contributed by atoms with van der Waals surface area (Å²) in [6, 6.07) is 12.2. The number of aryl methyl sites for hydroxylation is 1. The van der Waals surface area contributed by atoms with Crippen LogP contribution in [0.2, 0.25) is 0 Å². The van der Waals surface area contributed by atoms with Crippen molar-refractivity contribution in [3.63, 3.8) is 0 Å². The minimum absolute atomic E-state index is 0.518. The molecule has 0 aliphatic heterocycles. The van der Waals surface area contributed by atoms with Gasteiger partial charge in [0, 0.05) is 23.8 Å². The number of rotatable bonds is 5. The van der Waals surface area contributed by atoms with Crippen LogP contribution in [0, 0.1) is 13.8 Å². The van der Waals surface area contributed by atoms with Gasteiger partial charge in [0.05, 0.1) is 0 Å². The van der Waals surface area contributed by atoms with Crippen molar-refractivity contribution in [1.29, 1.82) is 0 Å². The van der Waals surface area contributed by atoms with Crippen LogP contribution in [0.25, 0.3) is 10.9 Å². The molecule has 22 heavy (non-hydrogen) atoms. The third-order valence-electron chi connectivity index (χ3n) is 4.04. The Morgan fingerprint density at radius 3 is 2.68 bits per heavy atom. The first-order valence-electron chi connectivity index (χ1n) is 7.44. The number of pyridine rings is 1. The normalized spacial score (nSPS) is 10.8. The maximum Gasteiger partial charge on any atom is 0.238 e. The summed E-state index contributed by atoms with van der Waals surface area (Å²) < 4.78 is 8.21. The number of allylic oxidation sites excluding steroid dienone is 1. The highest BCUT2D eigenvalue weighted by atomic mass is 16.5. The smallest absolute Gasteiger partial charge is 0.238 e. The summed E-state index contributed by atoms with van der Waals surface area (Å²) in [5, 5.41) is 1.19. The third kappa shape index (κ3) is 2.50. The minimum Gasteiger partial charge on any atom is -0.471 e. The molecule has 3 nitrogen and oxygen atoms in total. The van der Waals surface area contributed by atoms with E-state index in [4.69, 9.17) is 4.74 Å². The van der Waals surface area contributed by atoms with E-state index in [1.807, 2.05) is 36.5 Å². The topological polar surface area (TPSA) is 27.1 Å². The zero-order valence-corrected chi connectivity index (χ0v) is 13.0. The van der Waals surface area contributed by atoms with Gasteiger partial charge in [-0.2, -0.15) is 0 Å². The maximum absolute atomic E-state index is 5.99. The second-order valence-electron chi connectivity index (χ2n) is 5.40. The van der Waals surface area contributed by atoms with E-state index < -0.39 is 0 Å². The highest BCUT2D eigenvalue weighted by molar-refractivity contribution is 5.88. The molecular weight excluding hydrogens is 272 g/mol. The number of hydrogen-bond acceptors (Lipinski definition) is 2. The molecular formula is C19H20N2O. The van der Waals surface area contributed by atoms with Crippen molar-refractivity contribution in [2.45, 2.75) is 27.0 Å². The van der Waals surface area contributed by atoms with Crippen molar-refractivity contribution in [2.75, 3.05) is 0 Å². The van der Waals surface area contributed by atoms with E-state index in [1.54, 1.807) is 0 Å². The molecule has 0 radical (unpaired) electrons. The lowest BCUT2D eigenvalue weighted by Gasteiger charge is -2.10. The first-order valence-corrected chi connectivity index (χ1v) is 7.44. The fraction of sp³-hybridized carbons (Fsp3) is 0.211. The molecule has 0 spiro atoms. The fourth-order valence-corrected chi connectivity index (χ4v) is 2.75. The first kappa shape index (κ1) is 14.4. The van der Waals surface area contributed by atoms with Crippen LogP contribution in [-0.4, -0.2) is 9.55 Å². The minimum atomic E-state index is 0.518. The SMILES string of the molecule is C=CCn1c(C)c(C)c2ccnc(OCc3ccccc3)c21.